The van der Waals surface area contributed by atoms with Crippen LogP contribution in [0.25, 0.3) is 5.69 Å². The zero-order valence-electron chi connectivity index (χ0n) is 19.6. The van der Waals surface area contributed by atoms with Crippen molar-refractivity contribution in [3.05, 3.63) is 81.8 Å². The van der Waals surface area contributed by atoms with Crippen LogP contribution in [0.2, 0.25) is 0 Å². The molecule has 1 N–H and O–H groups in total. The van der Waals surface area contributed by atoms with Gasteiger partial charge in [0.05, 0.1) is 31.0 Å². The minimum absolute atomic E-state index is 0.00254. The third-order valence-electron chi connectivity index (χ3n) is 6.83. The van der Waals surface area contributed by atoms with Gasteiger partial charge in [0.2, 0.25) is 0 Å². The maximum atomic E-state index is 5.88. The summed E-state index contributed by atoms with van der Waals surface area (Å²) in [5, 5.41) is 4.39. The Bertz CT molecular complexity index is 1140. The molecule has 0 amide bonds. The molecule has 0 aliphatic carbocycles. The van der Waals surface area contributed by atoms with Crippen LogP contribution in [0.4, 0.5) is 0 Å². The minimum atomic E-state index is -0.00254. The molecule has 0 radical (unpaired) electrons. The number of pyridine rings is 1. The van der Waals surface area contributed by atoms with E-state index in [0.717, 1.165) is 60.4 Å². The van der Waals surface area contributed by atoms with Crippen molar-refractivity contribution in [2.45, 2.75) is 25.9 Å². The fourth-order valence-corrected chi connectivity index (χ4v) is 5.73. The van der Waals surface area contributed by atoms with Gasteiger partial charge in [-0.3, -0.25) is 9.88 Å². The van der Waals surface area contributed by atoms with Gasteiger partial charge in [0, 0.05) is 53.9 Å². The van der Waals surface area contributed by atoms with E-state index >= 15 is 0 Å². The number of ether oxygens (including phenoxy) is 1. The first-order valence-corrected chi connectivity index (χ1v) is 13.0. The zero-order chi connectivity index (χ0) is 23.7. The predicted molar refractivity (Wildman–Crippen MR) is 142 cm³/mol. The number of aromatic nitrogens is 2. The second kappa shape index (κ2) is 10.2. The van der Waals surface area contributed by atoms with Crippen molar-refractivity contribution in [1.82, 2.24) is 24.7 Å². The van der Waals surface area contributed by atoms with Crippen LogP contribution in [0.15, 0.2) is 59.2 Å². The van der Waals surface area contributed by atoms with Crippen LogP contribution in [0.1, 0.15) is 34.7 Å². The molecule has 2 aromatic heterocycles. The van der Waals surface area contributed by atoms with Crippen molar-refractivity contribution in [2.75, 3.05) is 39.4 Å². The first kappa shape index (κ1) is 23.5. The van der Waals surface area contributed by atoms with Crippen molar-refractivity contribution >= 4 is 33.3 Å². The molecule has 2 aliphatic rings. The summed E-state index contributed by atoms with van der Waals surface area (Å²) in [6.45, 7) is 9.76. The lowest BCUT2D eigenvalue weighted by atomic mass is 9.96. The van der Waals surface area contributed by atoms with Crippen molar-refractivity contribution in [3.63, 3.8) is 0 Å². The highest BCUT2D eigenvalue weighted by Gasteiger charge is 2.41. The summed E-state index contributed by atoms with van der Waals surface area (Å²) in [6, 6.07) is 17.0. The van der Waals surface area contributed by atoms with E-state index in [1.807, 2.05) is 18.3 Å². The number of benzene rings is 1. The zero-order valence-corrected chi connectivity index (χ0v) is 22.0. The number of nitrogens with one attached hydrogen (secondary N) is 1. The smallest absolute Gasteiger partial charge is 0.170 e. The molecule has 2 saturated heterocycles. The van der Waals surface area contributed by atoms with Gasteiger partial charge < -0.3 is 19.5 Å². The molecule has 178 valence electrons. The number of nitrogens with zero attached hydrogens (tertiary/aromatic N) is 4. The average molecular weight is 541 g/mol. The molecule has 0 unspecified atom stereocenters. The van der Waals surface area contributed by atoms with Crippen LogP contribution < -0.4 is 5.32 Å². The van der Waals surface area contributed by atoms with Gasteiger partial charge >= 0.3 is 0 Å². The summed E-state index contributed by atoms with van der Waals surface area (Å²) in [6.07, 6.45) is 1.86. The molecule has 34 heavy (non-hydrogen) atoms. The van der Waals surface area contributed by atoms with Gasteiger partial charge in [0.15, 0.2) is 5.11 Å². The second-order valence-corrected chi connectivity index (χ2v) is 10.2. The van der Waals surface area contributed by atoms with Gasteiger partial charge in [-0.25, -0.2) is 0 Å². The van der Waals surface area contributed by atoms with E-state index in [-0.39, 0.29) is 12.1 Å². The Kier molecular flexibility index (Phi) is 7.01. The fraction of sp³-hybridized carbons (Fsp3) is 0.385. The largest absolute Gasteiger partial charge is 0.379 e. The highest BCUT2D eigenvalue weighted by molar-refractivity contribution is 9.10. The van der Waals surface area contributed by atoms with E-state index in [2.05, 4.69) is 85.9 Å². The molecular formula is C26H30BrN5OS. The fourth-order valence-electron chi connectivity index (χ4n) is 5.13. The van der Waals surface area contributed by atoms with Crippen molar-refractivity contribution in [3.8, 4) is 5.69 Å². The summed E-state index contributed by atoms with van der Waals surface area (Å²) in [5.41, 5.74) is 5.89. The molecule has 5 rings (SSSR count). The Morgan fingerprint density at radius 1 is 1.09 bits per heavy atom. The maximum Gasteiger partial charge on any atom is 0.170 e. The topological polar surface area (TPSA) is 45.6 Å². The lowest BCUT2D eigenvalue weighted by Gasteiger charge is -2.32. The first-order valence-electron chi connectivity index (χ1n) is 11.8. The monoisotopic (exact) mass is 539 g/mol. The van der Waals surface area contributed by atoms with Crippen LogP contribution >= 0.6 is 28.1 Å². The maximum absolute atomic E-state index is 5.88. The molecule has 2 aliphatic heterocycles. The van der Waals surface area contributed by atoms with Gasteiger partial charge in [0.1, 0.15) is 0 Å². The van der Waals surface area contributed by atoms with Crippen molar-refractivity contribution < 1.29 is 4.74 Å². The van der Waals surface area contributed by atoms with Gasteiger partial charge in [-0.1, -0.05) is 22.0 Å². The number of hydrogen-bond acceptors (Lipinski definition) is 4. The Morgan fingerprint density at radius 3 is 2.56 bits per heavy atom. The number of hydrogen-bond donors (Lipinski definition) is 1. The van der Waals surface area contributed by atoms with Crippen LogP contribution in [0.3, 0.4) is 0 Å². The minimum Gasteiger partial charge on any atom is -0.379 e. The van der Waals surface area contributed by atoms with Crippen LogP contribution in [0, 0.1) is 13.8 Å². The molecule has 8 heteroatoms. The number of aryl methyl sites for hydroxylation is 1. The van der Waals surface area contributed by atoms with Gasteiger partial charge in [-0.05, 0) is 74.1 Å². The van der Waals surface area contributed by atoms with E-state index in [9.17, 15) is 0 Å². The molecule has 0 bridgehead atoms. The number of rotatable bonds is 6. The standard InChI is InChI=1S/C26H30BrN5OS/c1-18-17-22(19(2)32(18)21-8-6-20(27)7-9-21)25-24(23-5-3-4-10-28-23)29-26(34)31(25)12-11-30-13-15-33-16-14-30/h3-10,17,24-25H,11-16H2,1-2H3,(H,29,34)/t24-,25+/m1/s1. The number of halogens is 1. The molecule has 2 atom stereocenters. The molecule has 2 fully saturated rings. The third kappa shape index (κ3) is 4.64. The summed E-state index contributed by atoms with van der Waals surface area (Å²) in [5.74, 6) is 0. The van der Waals surface area contributed by atoms with Crippen LogP contribution in [0.5, 0.6) is 0 Å². The summed E-state index contributed by atoms with van der Waals surface area (Å²) >= 11 is 9.44. The van der Waals surface area contributed by atoms with E-state index < -0.39 is 0 Å². The summed E-state index contributed by atoms with van der Waals surface area (Å²) in [4.78, 5) is 9.51. The van der Waals surface area contributed by atoms with Crippen molar-refractivity contribution in [1.29, 1.82) is 0 Å². The lowest BCUT2D eigenvalue weighted by Crippen LogP contribution is -2.42. The summed E-state index contributed by atoms with van der Waals surface area (Å²) < 4.78 is 8.94. The second-order valence-electron chi connectivity index (χ2n) is 8.91. The van der Waals surface area contributed by atoms with Crippen LogP contribution in [-0.4, -0.2) is 63.9 Å². The molecule has 1 aromatic carbocycles. The summed E-state index contributed by atoms with van der Waals surface area (Å²) in [7, 11) is 0. The lowest BCUT2D eigenvalue weighted by molar-refractivity contribution is 0.0350. The van der Waals surface area contributed by atoms with Gasteiger partial charge in [-0.15, -0.1) is 0 Å². The van der Waals surface area contributed by atoms with Gasteiger partial charge in [-0.2, -0.15) is 0 Å². The predicted octanol–water partition coefficient (Wildman–Crippen LogP) is 4.56. The Morgan fingerprint density at radius 2 is 1.85 bits per heavy atom. The van der Waals surface area contributed by atoms with E-state index in [4.69, 9.17) is 21.9 Å². The molecule has 3 aromatic rings. The molecule has 0 spiro atoms. The van der Waals surface area contributed by atoms with E-state index in [1.165, 1.54) is 17.0 Å². The quantitative estimate of drug-likeness (QED) is 0.463. The Balaban J connectivity index is 1.52. The number of morpholine rings is 1. The first-order chi connectivity index (χ1) is 16.5. The Labute approximate surface area is 215 Å². The molecule has 4 heterocycles. The average Bonchev–Trinajstić information content (AvgIpc) is 3.34. The molecule has 0 saturated carbocycles. The molecular weight excluding hydrogens is 510 g/mol. The number of thiocarbonyl (C=S) groups is 1. The SMILES string of the molecule is Cc1cc([C@H]2[C@@H](c3ccccn3)NC(=S)N2CCN2CCOCC2)c(C)n1-c1ccc(Br)cc1. The van der Waals surface area contributed by atoms with E-state index in [1.54, 1.807) is 0 Å². The van der Waals surface area contributed by atoms with Crippen LogP contribution in [-0.2, 0) is 4.74 Å². The van der Waals surface area contributed by atoms with Gasteiger partial charge in [0.25, 0.3) is 0 Å². The molecule has 6 nitrogen and oxygen atoms in total. The third-order valence-corrected chi connectivity index (χ3v) is 7.71. The van der Waals surface area contributed by atoms with E-state index in [0.29, 0.717) is 0 Å². The highest BCUT2D eigenvalue weighted by Crippen LogP contribution is 2.41. The normalized spacial score (nSPS) is 21.1. The highest BCUT2D eigenvalue weighted by atomic mass is 79.9. The Hall–Kier alpha value is -2.26. The van der Waals surface area contributed by atoms with Crippen molar-refractivity contribution in [2.24, 2.45) is 0 Å².